The lowest BCUT2D eigenvalue weighted by Crippen LogP contribution is -3.00. The SMILES string of the molecule is CN1CCCN(S(=O)(=O)c2ccccc2)CC1.[Cl-]. The molecular weight excluding hydrogens is 272 g/mol. The van der Waals surface area contributed by atoms with Gasteiger partial charge in [0.05, 0.1) is 4.90 Å². The second kappa shape index (κ2) is 6.52. The number of hydrogen-bond donors (Lipinski definition) is 0. The first kappa shape index (κ1) is 15.4. The van der Waals surface area contributed by atoms with Gasteiger partial charge in [-0.1, -0.05) is 18.2 Å². The van der Waals surface area contributed by atoms with Crippen molar-refractivity contribution in [1.29, 1.82) is 0 Å². The van der Waals surface area contributed by atoms with Crippen LogP contribution < -0.4 is 12.4 Å². The monoisotopic (exact) mass is 289 g/mol. The normalized spacial score (nSPS) is 18.9. The van der Waals surface area contributed by atoms with Crippen molar-refractivity contribution in [3.8, 4) is 0 Å². The zero-order valence-electron chi connectivity index (χ0n) is 10.4. The summed E-state index contributed by atoms with van der Waals surface area (Å²) in [5, 5.41) is 0. The van der Waals surface area contributed by atoms with Crippen LogP contribution in [0, 0.1) is 0 Å². The van der Waals surface area contributed by atoms with Crippen molar-refractivity contribution < 1.29 is 20.8 Å². The Bertz CT molecular complexity index is 464. The van der Waals surface area contributed by atoms with Gasteiger partial charge in [-0.05, 0) is 32.1 Å². The molecule has 1 aromatic rings. The van der Waals surface area contributed by atoms with Gasteiger partial charge in [0, 0.05) is 19.6 Å². The number of halogens is 1. The van der Waals surface area contributed by atoms with Gasteiger partial charge in [0.15, 0.2) is 0 Å². The Morgan fingerprint density at radius 1 is 1.00 bits per heavy atom. The van der Waals surface area contributed by atoms with Crippen molar-refractivity contribution in [2.75, 3.05) is 33.2 Å². The van der Waals surface area contributed by atoms with Gasteiger partial charge in [-0.3, -0.25) is 0 Å². The molecule has 1 fully saturated rings. The smallest absolute Gasteiger partial charge is 0.243 e. The number of rotatable bonds is 2. The molecule has 1 aliphatic heterocycles. The van der Waals surface area contributed by atoms with E-state index in [0.29, 0.717) is 18.0 Å². The Balaban J connectivity index is 0.00000162. The van der Waals surface area contributed by atoms with Crippen molar-refractivity contribution in [1.82, 2.24) is 9.21 Å². The molecule has 0 N–H and O–H groups in total. The zero-order valence-corrected chi connectivity index (χ0v) is 12.0. The summed E-state index contributed by atoms with van der Waals surface area (Å²) in [5.41, 5.74) is 0. The highest BCUT2D eigenvalue weighted by Gasteiger charge is 2.25. The molecule has 4 nitrogen and oxygen atoms in total. The third kappa shape index (κ3) is 3.45. The Morgan fingerprint density at radius 3 is 2.33 bits per heavy atom. The molecule has 18 heavy (non-hydrogen) atoms. The van der Waals surface area contributed by atoms with Gasteiger partial charge in [-0.15, -0.1) is 0 Å². The molecule has 1 heterocycles. The average molecular weight is 290 g/mol. The number of likely N-dealkylation sites (N-methyl/N-ethyl adjacent to an activating group) is 1. The van der Waals surface area contributed by atoms with E-state index >= 15 is 0 Å². The lowest BCUT2D eigenvalue weighted by atomic mass is 10.4. The van der Waals surface area contributed by atoms with Crippen molar-refractivity contribution >= 4 is 10.0 Å². The quantitative estimate of drug-likeness (QED) is 0.633. The molecular formula is C12H18ClN2O2S-. The number of sulfonamides is 1. The van der Waals surface area contributed by atoms with E-state index in [2.05, 4.69) is 4.90 Å². The van der Waals surface area contributed by atoms with E-state index < -0.39 is 10.0 Å². The van der Waals surface area contributed by atoms with Crippen molar-refractivity contribution in [3.63, 3.8) is 0 Å². The number of benzene rings is 1. The fourth-order valence-electron chi connectivity index (χ4n) is 2.00. The summed E-state index contributed by atoms with van der Waals surface area (Å²) >= 11 is 0. The van der Waals surface area contributed by atoms with Crippen LogP contribution in [0.2, 0.25) is 0 Å². The van der Waals surface area contributed by atoms with E-state index in [0.717, 1.165) is 19.5 Å². The molecule has 0 amide bonds. The third-order valence-corrected chi connectivity index (χ3v) is 4.97. The molecule has 6 heteroatoms. The molecule has 0 atom stereocenters. The van der Waals surface area contributed by atoms with Crippen LogP contribution in [0.25, 0.3) is 0 Å². The second-order valence-corrected chi connectivity index (χ2v) is 6.31. The highest BCUT2D eigenvalue weighted by atomic mass is 35.5. The summed E-state index contributed by atoms with van der Waals surface area (Å²) in [4.78, 5) is 2.56. The van der Waals surface area contributed by atoms with Gasteiger partial charge in [0.1, 0.15) is 0 Å². The summed E-state index contributed by atoms with van der Waals surface area (Å²) in [6.07, 6.45) is 0.891. The minimum absolute atomic E-state index is 0. The van der Waals surface area contributed by atoms with Crippen LogP contribution in [0.5, 0.6) is 0 Å². The van der Waals surface area contributed by atoms with E-state index in [1.807, 2.05) is 13.1 Å². The molecule has 1 aromatic carbocycles. The van der Waals surface area contributed by atoms with Gasteiger partial charge in [0.25, 0.3) is 0 Å². The number of hydrogen-bond acceptors (Lipinski definition) is 3. The van der Waals surface area contributed by atoms with Gasteiger partial charge in [-0.25, -0.2) is 8.42 Å². The van der Waals surface area contributed by atoms with Gasteiger partial charge < -0.3 is 17.3 Å². The fourth-order valence-corrected chi connectivity index (χ4v) is 3.50. The largest absolute Gasteiger partial charge is 1.00 e. The molecule has 0 spiro atoms. The van der Waals surface area contributed by atoms with Crippen molar-refractivity contribution in [3.05, 3.63) is 30.3 Å². The maximum atomic E-state index is 12.4. The molecule has 1 aliphatic rings. The summed E-state index contributed by atoms with van der Waals surface area (Å²) in [6, 6.07) is 8.66. The van der Waals surface area contributed by atoms with Crippen LogP contribution >= 0.6 is 0 Å². The summed E-state index contributed by atoms with van der Waals surface area (Å²) in [5.74, 6) is 0. The predicted molar refractivity (Wildman–Crippen MR) is 67.3 cm³/mol. The fraction of sp³-hybridized carbons (Fsp3) is 0.500. The standard InChI is InChI=1S/C12H18N2O2S.ClH/c1-13-8-5-9-14(11-10-13)17(15,16)12-6-3-2-4-7-12;/h2-4,6-7H,5,8-11H2,1H3;1H/p-1. The molecule has 0 saturated carbocycles. The second-order valence-electron chi connectivity index (χ2n) is 4.37. The molecule has 0 aromatic heterocycles. The Morgan fingerprint density at radius 2 is 1.67 bits per heavy atom. The first-order valence-electron chi connectivity index (χ1n) is 5.84. The van der Waals surface area contributed by atoms with E-state index in [-0.39, 0.29) is 12.4 Å². The Hall–Kier alpha value is -0.620. The Kier molecular flexibility index (Phi) is 5.59. The van der Waals surface area contributed by atoms with Crippen LogP contribution in [0.15, 0.2) is 35.2 Å². The van der Waals surface area contributed by atoms with Crippen LogP contribution in [0.3, 0.4) is 0 Å². The first-order chi connectivity index (χ1) is 8.10. The van der Waals surface area contributed by atoms with Gasteiger partial charge >= 0.3 is 0 Å². The minimum Gasteiger partial charge on any atom is -1.00 e. The lowest BCUT2D eigenvalue weighted by Gasteiger charge is -2.20. The van der Waals surface area contributed by atoms with Crippen LogP contribution in [-0.4, -0.2) is 50.8 Å². The van der Waals surface area contributed by atoms with E-state index in [4.69, 9.17) is 0 Å². The highest BCUT2D eigenvalue weighted by Crippen LogP contribution is 2.16. The molecule has 2 rings (SSSR count). The molecule has 1 saturated heterocycles. The molecule has 0 bridgehead atoms. The summed E-state index contributed by atoms with van der Waals surface area (Å²) in [6.45, 7) is 2.95. The van der Waals surface area contributed by atoms with Gasteiger partial charge in [0.2, 0.25) is 10.0 Å². The zero-order chi connectivity index (χ0) is 12.3. The average Bonchev–Trinajstić information content (AvgIpc) is 2.55. The molecule has 0 aliphatic carbocycles. The molecule has 102 valence electrons. The van der Waals surface area contributed by atoms with Crippen molar-refractivity contribution in [2.24, 2.45) is 0 Å². The maximum absolute atomic E-state index is 12.4. The van der Waals surface area contributed by atoms with Crippen molar-refractivity contribution in [2.45, 2.75) is 11.3 Å². The van der Waals surface area contributed by atoms with Crippen LogP contribution in [0.4, 0.5) is 0 Å². The Labute approximate surface area is 115 Å². The predicted octanol–water partition coefficient (Wildman–Crippen LogP) is -1.98. The summed E-state index contributed by atoms with van der Waals surface area (Å²) in [7, 11) is -1.28. The molecule has 0 radical (unpaired) electrons. The third-order valence-electron chi connectivity index (χ3n) is 3.06. The topological polar surface area (TPSA) is 40.6 Å². The van der Waals surface area contributed by atoms with E-state index in [9.17, 15) is 8.42 Å². The van der Waals surface area contributed by atoms with E-state index in [1.54, 1.807) is 28.6 Å². The highest BCUT2D eigenvalue weighted by molar-refractivity contribution is 7.89. The minimum atomic E-state index is -3.30. The maximum Gasteiger partial charge on any atom is 0.243 e. The van der Waals surface area contributed by atoms with Crippen LogP contribution in [-0.2, 0) is 10.0 Å². The first-order valence-corrected chi connectivity index (χ1v) is 7.28. The molecule has 0 unspecified atom stereocenters. The number of nitrogens with zero attached hydrogens (tertiary/aromatic N) is 2. The van der Waals surface area contributed by atoms with E-state index in [1.165, 1.54) is 0 Å². The van der Waals surface area contributed by atoms with Gasteiger partial charge in [-0.2, -0.15) is 4.31 Å². The van der Waals surface area contributed by atoms with Crippen LogP contribution in [0.1, 0.15) is 6.42 Å². The lowest BCUT2D eigenvalue weighted by molar-refractivity contribution is -0.00000612. The summed E-state index contributed by atoms with van der Waals surface area (Å²) < 4.78 is 26.3.